The van der Waals surface area contributed by atoms with Crippen LogP contribution in [0.2, 0.25) is 0 Å². The first-order valence-corrected chi connectivity index (χ1v) is 6.87. The first-order valence-electron chi connectivity index (χ1n) is 6.87. The number of ether oxygens (including phenoxy) is 2. The van der Waals surface area contributed by atoms with E-state index < -0.39 is 0 Å². The minimum absolute atomic E-state index is 0.175. The Hall–Kier alpha value is -1.22. The molecular weight excluding hydrogens is 238 g/mol. The number of methoxy groups -OCH3 is 2. The zero-order valence-corrected chi connectivity index (χ0v) is 12.8. The molecule has 3 heteroatoms. The normalized spacial score (nSPS) is 22.8. The van der Waals surface area contributed by atoms with E-state index in [-0.39, 0.29) is 5.41 Å². The van der Waals surface area contributed by atoms with Crippen LogP contribution in [-0.4, -0.2) is 20.8 Å². The maximum Gasteiger partial charge on any atom is 0.161 e. The zero-order valence-electron chi connectivity index (χ0n) is 12.8. The molecule has 0 spiro atoms. The Morgan fingerprint density at radius 3 is 2.05 bits per heavy atom. The van der Waals surface area contributed by atoms with Gasteiger partial charge in [0.2, 0.25) is 0 Å². The van der Waals surface area contributed by atoms with Gasteiger partial charge in [-0.1, -0.05) is 27.7 Å². The minimum atomic E-state index is 0.175. The van der Waals surface area contributed by atoms with E-state index in [0.29, 0.717) is 12.0 Å². The number of rotatable bonds is 2. The van der Waals surface area contributed by atoms with Crippen molar-refractivity contribution in [2.24, 2.45) is 5.41 Å². The summed E-state index contributed by atoms with van der Waals surface area (Å²) in [6.45, 7) is 10.0. The summed E-state index contributed by atoms with van der Waals surface area (Å²) < 4.78 is 10.9. The van der Waals surface area contributed by atoms with Crippen LogP contribution in [0.3, 0.4) is 0 Å². The van der Waals surface area contributed by atoms with Crippen LogP contribution in [0.15, 0.2) is 12.1 Å². The number of fused-ring (bicyclic) bond motifs is 1. The van der Waals surface area contributed by atoms with Crippen molar-refractivity contribution in [3.05, 3.63) is 23.3 Å². The largest absolute Gasteiger partial charge is 0.493 e. The molecule has 1 heterocycles. The fourth-order valence-corrected chi connectivity index (χ4v) is 2.87. The SMILES string of the molecule is COc1cc2c(cc1OC)C(C(C)(C)C)NCC2C. The highest BCUT2D eigenvalue weighted by molar-refractivity contribution is 5.51. The summed E-state index contributed by atoms with van der Waals surface area (Å²) >= 11 is 0. The molecular formula is C16H25NO2. The molecule has 2 atom stereocenters. The predicted molar refractivity (Wildman–Crippen MR) is 78.2 cm³/mol. The summed E-state index contributed by atoms with van der Waals surface area (Å²) in [6, 6.07) is 4.61. The molecule has 0 aliphatic carbocycles. The summed E-state index contributed by atoms with van der Waals surface area (Å²) in [5.41, 5.74) is 2.88. The fraction of sp³-hybridized carbons (Fsp3) is 0.625. The van der Waals surface area contributed by atoms with Crippen molar-refractivity contribution in [1.29, 1.82) is 0 Å². The van der Waals surface area contributed by atoms with Crippen LogP contribution in [0.1, 0.15) is 50.8 Å². The molecule has 19 heavy (non-hydrogen) atoms. The Bertz CT molecular complexity index is 463. The molecule has 106 valence electrons. The summed E-state index contributed by atoms with van der Waals surface area (Å²) in [6.07, 6.45) is 0. The van der Waals surface area contributed by atoms with Gasteiger partial charge in [-0.15, -0.1) is 0 Å². The molecule has 0 bridgehead atoms. The molecule has 1 aliphatic rings. The van der Waals surface area contributed by atoms with Crippen LogP contribution >= 0.6 is 0 Å². The van der Waals surface area contributed by atoms with Crippen LogP contribution in [-0.2, 0) is 0 Å². The van der Waals surface area contributed by atoms with Crippen LogP contribution in [0.25, 0.3) is 0 Å². The van der Waals surface area contributed by atoms with Gasteiger partial charge in [-0.2, -0.15) is 0 Å². The van der Waals surface area contributed by atoms with Crippen LogP contribution in [0.4, 0.5) is 0 Å². The number of hydrogen-bond donors (Lipinski definition) is 1. The Morgan fingerprint density at radius 1 is 1.05 bits per heavy atom. The molecule has 0 aromatic heterocycles. The Labute approximate surface area is 116 Å². The molecule has 0 amide bonds. The van der Waals surface area contributed by atoms with E-state index in [1.54, 1.807) is 14.2 Å². The van der Waals surface area contributed by atoms with Gasteiger partial charge in [-0.05, 0) is 34.6 Å². The van der Waals surface area contributed by atoms with Gasteiger partial charge >= 0.3 is 0 Å². The van der Waals surface area contributed by atoms with Gasteiger partial charge in [0, 0.05) is 12.6 Å². The molecule has 0 fully saturated rings. The molecule has 2 rings (SSSR count). The van der Waals surface area contributed by atoms with E-state index in [0.717, 1.165) is 18.0 Å². The second-order valence-corrected chi connectivity index (χ2v) is 6.44. The van der Waals surface area contributed by atoms with Crippen LogP contribution < -0.4 is 14.8 Å². The Kier molecular flexibility index (Phi) is 3.77. The minimum Gasteiger partial charge on any atom is -0.493 e. The van der Waals surface area contributed by atoms with Crippen LogP contribution in [0, 0.1) is 5.41 Å². The highest BCUT2D eigenvalue weighted by Crippen LogP contribution is 2.44. The lowest BCUT2D eigenvalue weighted by Gasteiger charge is -2.39. The van der Waals surface area contributed by atoms with Crippen molar-refractivity contribution in [3.8, 4) is 11.5 Å². The van der Waals surface area contributed by atoms with E-state index in [1.165, 1.54) is 11.1 Å². The van der Waals surface area contributed by atoms with Crippen molar-refractivity contribution in [2.45, 2.75) is 39.7 Å². The van der Waals surface area contributed by atoms with E-state index in [1.807, 2.05) is 0 Å². The highest BCUT2D eigenvalue weighted by Gasteiger charge is 2.33. The lowest BCUT2D eigenvalue weighted by atomic mass is 9.76. The third-order valence-electron chi connectivity index (χ3n) is 3.93. The van der Waals surface area contributed by atoms with Crippen molar-refractivity contribution in [1.82, 2.24) is 5.32 Å². The predicted octanol–water partition coefficient (Wildman–Crippen LogP) is 3.50. The maximum atomic E-state index is 5.45. The average molecular weight is 263 g/mol. The molecule has 1 N–H and O–H groups in total. The van der Waals surface area contributed by atoms with Crippen LogP contribution in [0.5, 0.6) is 11.5 Å². The second-order valence-electron chi connectivity index (χ2n) is 6.44. The standard InChI is InChI=1S/C16H25NO2/c1-10-9-17-15(16(2,3)4)12-8-14(19-6)13(18-5)7-11(10)12/h7-8,10,15,17H,9H2,1-6H3. The summed E-state index contributed by atoms with van der Waals surface area (Å²) in [7, 11) is 3.38. The van der Waals surface area contributed by atoms with E-state index in [2.05, 4.69) is 45.1 Å². The van der Waals surface area contributed by atoms with Crippen molar-refractivity contribution in [2.75, 3.05) is 20.8 Å². The molecule has 0 radical (unpaired) electrons. The third kappa shape index (κ3) is 2.57. The lowest BCUT2D eigenvalue weighted by Crippen LogP contribution is -2.39. The number of hydrogen-bond acceptors (Lipinski definition) is 3. The molecule has 0 saturated carbocycles. The van der Waals surface area contributed by atoms with E-state index in [9.17, 15) is 0 Å². The Balaban J connectivity index is 2.57. The quantitative estimate of drug-likeness (QED) is 0.886. The number of benzene rings is 1. The number of nitrogens with one attached hydrogen (secondary N) is 1. The van der Waals surface area contributed by atoms with Crippen molar-refractivity contribution in [3.63, 3.8) is 0 Å². The summed E-state index contributed by atoms with van der Waals surface area (Å²) in [5.74, 6) is 2.13. The molecule has 3 nitrogen and oxygen atoms in total. The Morgan fingerprint density at radius 2 is 1.58 bits per heavy atom. The first-order chi connectivity index (χ1) is 8.88. The monoisotopic (exact) mass is 263 g/mol. The van der Waals surface area contributed by atoms with Gasteiger partial charge in [0.1, 0.15) is 0 Å². The van der Waals surface area contributed by atoms with Crippen molar-refractivity contribution >= 4 is 0 Å². The first kappa shape index (κ1) is 14.2. The second kappa shape index (κ2) is 5.04. The third-order valence-corrected chi connectivity index (χ3v) is 3.93. The van der Waals surface area contributed by atoms with Gasteiger partial charge in [-0.25, -0.2) is 0 Å². The van der Waals surface area contributed by atoms with Gasteiger partial charge in [0.05, 0.1) is 14.2 Å². The van der Waals surface area contributed by atoms with E-state index in [4.69, 9.17) is 9.47 Å². The van der Waals surface area contributed by atoms with E-state index >= 15 is 0 Å². The van der Waals surface area contributed by atoms with Crippen molar-refractivity contribution < 1.29 is 9.47 Å². The summed E-state index contributed by atoms with van der Waals surface area (Å²) in [5, 5.41) is 3.66. The topological polar surface area (TPSA) is 30.5 Å². The van der Waals surface area contributed by atoms with Gasteiger partial charge in [0.15, 0.2) is 11.5 Å². The molecule has 2 unspecified atom stereocenters. The zero-order chi connectivity index (χ0) is 14.2. The fourth-order valence-electron chi connectivity index (χ4n) is 2.87. The van der Waals surface area contributed by atoms with Gasteiger partial charge < -0.3 is 14.8 Å². The van der Waals surface area contributed by atoms with Gasteiger partial charge in [-0.3, -0.25) is 0 Å². The smallest absolute Gasteiger partial charge is 0.161 e. The molecule has 0 saturated heterocycles. The maximum absolute atomic E-state index is 5.45. The molecule has 1 aromatic rings. The van der Waals surface area contributed by atoms with Gasteiger partial charge in [0.25, 0.3) is 0 Å². The molecule has 1 aromatic carbocycles. The molecule has 1 aliphatic heterocycles. The lowest BCUT2D eigenvalue weighted by molar-refractivity contribution is 0.254. The average Bonchev–Trinajstić information content (AvgIpc) is 2.36. The highest BCUT2D eigenvalue weighted by atomic mass is 16.5. The summed E-state index contributed by atoms with van der Waals surface area (Å²) in [4.78, 5) is 0.